The second kappa shape index (κ2) is 7.78. The van der Waals surface area contributed by atoms with E-state index in [0.717, 1.165) is 24.1 Å². The number of halogens is 1. The van der Waals surface area contributed by atoms with Crippen molar-refractivity contribution in [3.05, 3.63) is 34.9 Å². The van der Waals surface area contributed by atoms with Crippen molar-refractivity contribution in [3.8, 4) is 0 Å². The summed E-state index contributed by atoms with van der Waals surface area (Å²) in [5.74, 6) is 0. The minimum atomic E-state index is 0.692. The molecule has 1 aromatic carbocycles. The van der Waals surface area contributed by atoms with Gasteiger partial charge in [-0.3, -0.25) is 0 Å². The Hall–Kier alpha value is -0.570. The minimum absolute atomic E-state index is 0.692. The van der Waals surface area contributed by atoms with E-state index in [1.165, 1.54) is 37.8 Å². The Morgan fingerprint density at radius 2 is 1.89 bits per heavy atom. The molecule has 0 bridgehead atoms. The van der Waals surface area contributed by atoms with E-state index in [-0.39, 0.29) is 0 Å². The van der Waals surface area contributed by atoms with Gasteiger partial charge < -0.3 is 10.1 Å². The van der Waals surface area contributed by atoms with Crippen LogP contribution in [0.5, 0.6) is 0 Å². The Bertz CT molecular complexity index is 335. The Morgan fingerprint density at radius 3 is 2.61 bits per heavy atom. The number of unbranched alkanes of at least 4 members (excludes halogenated alkanes) is 2. The molecule has 1 aliphatic rings. The third-order valence-corrected chi connectivity index (χ3v) is 3.41. The molecule has 0 spiro atoms. The summed E-state index contributed by atoms with van der Waals surface area (Å²) >= 11 is 5.82. The zero-order chi connectivity index (χ0) is 12.6. The van der Waals surface area contributed by atoms with Gasteiger partial charge in [0.2, 0.25) is 0 Å². The molecule has 0 unspecified atom stereocenters. The van der Waals surface area contributed by atoms with Crippen LogP contribution >= 0.6 is 11.6 Å². The van der Waals surface area contributed by atoms with Crippen LogP contribution in [0.3, 0.4) is 0 Å². The zero-order valence-electron chi connectivity index (χ0n) is 10.8. The Kier molecular flexibility index (Phi) is 5.98. The molecule has 1 fully saturated rings. The lowest BCUT2D eigenvalue weighted by Gasteiger charge is -2.05. The molecule has 0 heterocycles. The monoisotopic (exact) mass is 267 g/mol. The van der Waals surface area contributed by atoms with E-state index < -0.39 is 0 Å². The van der Waals surface area contributed by atoms with E-state index in [2.05, 4.69) is 5.32 Å². The number of rotatable bonds is 9. The Morgan fingerprint density at radius 1 is 1.11 bits per heavy atom. The molecule has 2 nitrogen and oxygen atoms in total. The van der Waals surface area contributed by atoms with Gasteiger partial charge in [-0.2, -0.15) is 0 Å². The van der Waals surface area contributed by atoms with Gasteiger partial charge >= 0.3 is 0 Å². The molecule has 2 rings (SSSR count). The van der Waals surface area contributed by atoms with Gasteiger partial charge in [-0.1, -0.05) is 23.7 Å². The van der Waals surface area contributed by atoms with Gasteiger partial charge in [-0.05, 0) is 56.3 Å². The van der Waals surface area contributed by atoms with E-state index in [9.17, 15) is 0 Å². The van der Waals surface area contributed by atoms with Crippen molar-refractivity contribution in [1.82, 2.24) is 5.32 Å². The van der Waals surface area contributed by atoms with Crippen LogP contribution in [0.25, 0.3) is 0 Å². The van der Waals surface area contributed by atoms with Crippen LogP contribution in [-0.4, -0.2) is 19.2 Å². The van der Waals surface area contributed by atoms with Crippen molar-refractivity contribution in [2.45, 2.75) is 44.8 Å². The summed E-state index contributed by atoms with van der Waals surface area (Å²) in [4.78, 5) is 0. The molecule has 3 heteroatoms. The van der Waals surface area contributed by atoms with E-state index >= 15 is 0 Å². The highest BCUT2D eigenvalue weighted by molar-refractivity contribution is 6.30. The van der Waals surface area contributed by atoms with Crippen molar-refractivity contribution in [3.63, 3.8) is 0 Å². The third kappa shape index (κ3) is 5.85. The van der Waals surface area contributed by atoms with Gasteiger partial charge in [0.1, 0.15) is 0 Å². The first-order valence-corrected chi connectivity index (χ1v) is 7.28. The quantitative estimate of drug-likeness (QED) is 0.688. The first-order valence-electron chi connectivity index (χ1n) is 6.90. The lowest BCUT2D eigenvalue weighted by atomic mass is 10.2. The van der Waals surface area contributed by atoms with Crippen molar-refractivity contribution in [2.75, 3.05) is 13.2 Å². The summed E-state index contributed by atoms with van der Waals surface area (Å²) in [6, 6.07) is 8.68. The maximum Gasteiger partial charge on any atom is 0.0716 e. The minimum Gasteiger partial charge on any atom is -0.377 e. The topological polar surface area (TPSA) is 21.3 Å². The van der Waals surface area contributed by atoms with Gasteiger partial charge in [-0.15, -0.1) is 0 Å². The molecule has 0 atom stereocenters. The molecule has 100 valence electrons. The van der Waals surface area contributed by atoms with E-state index in [1.807, 2.05) is 24.3 Å². The van der Waals surface area contributed by atoms with Gasteiger partial charge in [0.15, 0.2) is 0 Å². The van der Waals surface area contributed by atoms with Crippen molar-refractivity contribution in [1.29, 1.82) is 0 Å². The molecule has 0 radical (unpaired) electrons. The smallest absolute Gasteiger partial charge is 0.0716 e. The molecule has 1 N–H and O–H groups in total. The molecule has 1 saturated carbocycles. The first kappa shape index (κ1) is 13.9. The number of ether oxygens (including phenoxy) is 1. The fourth-order valence-electron chi connectivity index (χ4n) is 1.87. The van der Waals surface area contributed by atoms with Crippen molar-refractivity contribution >= 4 is 11.6 Å². The molecular formula is C15H22ClNO. The van der Waals surface area contributed by atoms with Gasteiger partial charge in [-0.25, -0.2) is 0 Å². The summed E-state index contributed by atoms with van der Waals surface area (Å²) in [6.07, 6.45) is 6.43. The zero-order valence-corrected chi connectivity index (χ0v) is 11.6. The highest BCUT2D eigenvalue weighted by Gasteiger charge is 2.19. The van der Waals surface area contributed by atoms with E-state index in [0.29, 0.717) is 6.61 Å². The number of benzene rings is 1. The number of nitrogens with one attached hydrogen (secondary N) is 1. The Labute approximate surface area is 115 Å². The molecule has 0 aliphatic heterocycles. The van der Waals surface area contributed by atoms with Crippen LogP contribution in [0, 0.1) is 0 Å². The highest BCUT2D eigenvalue weighted by Crippen LogP contribution is 2.18. The van der Waals surface area contributed by atoms with E-state index in [1.54, 1.807) is 0 Å². The summed E-state index contributed by atoms with van der Waals surface area (Å²) in [5.41, 5.74) is 1.19. The molecule has 0 aromatic heterocycles. The second-order valence-corrected chi connectivity index (χ2v) is 5.40. The van der Waals surface area contributed by atoms with Crippen molar-refractivity contribution in [2.24, 2.45) is 0 Å². The van der Waals surface area contributed by atoms with Crippen molar-refractivity contribution < 1.29 is 4.74 Å². The van der Waals surface area contributed by atoms with Crippen LogP contribution in [-0.2, 0) is 11.3 Å². The summed E-state index contributed by atoms with van der Waals surface area (Å²) in [7, 11) is 0. The van der Waals surface area contributed by atoms with Gasteiger partial charge in [0.25, 0.3) is 0 Å². The van der Waals surface area contributed by atoms with Crippen LogP contribution in [0.4, 0.5) is 0 Å². The fraction of sp³-hybridized carbons (Fsp3) is 0.600. The second-order valence-electron chi connectivity index (χ2n) is 4.97. The largest absolute Gasteiger partial charge is 0.377 e. The average Bonchev–Trinajstić information content (AvgIpc) is 3.19. The summed E-state index contributed by atoms with van der Waals surface area (Å²) < 4.78 is 5.64. The lowest BCUT2D eigenvalue weighted by molar-refractivity contribution is 0.117. The third-order valence-electron chi connectivity index (χ3n) is 3.16. The average molecular weight is 268 g/mol. The summed E-state index contributed by atoms with van der Waals surface area (Å²) in [5, 5.41) is 4.30. The molecule has 18 heavy (non-hydrogen) atoms. The van der Waals surface area contributed by atoms with Crippen LogP contribution in [0.1, 0.15) is 37.7 Å². The van der Waals surface area contributed by atoms with Gasteiger partial charge in [0.05, 0.1) is 6.61 Å². The Balaban J connectivity index is 1.42. The fourth-order valence-corrected chi connectivity index (χ4v) is 2.00. The van der Waals surface area contributed by atoms with E-state index in [4.69, 9.17) is 16.3 Å². The van der Waals surface area contributed by atoms with Crippen LogP contribution < -0.4 is 5.32 Å². The number of hydrogen-bond acceptors (Lipinski definition) is 2. The molecule has 1 aliphatic carbocycles. The molecule has 0 amide bonds. The first-order chi connectivity index (χ1) is 8.84. The van der Waals surface area contributed by atoms with Crippen LogP contribution in [0.2, 0.25) is 5.02 Å². The van der Waals surface area contributed by atoms with Gasteiger partial charge in [0, 0.05) is 17.7 Å². The lowest BCUT2D eigenvalue weighted by Crippen LogP contribution is -2.17. The predicted octanol–water partition coefficient (Wildman–Crippen LogP) is 3.78. The predicted molar refractivity (Wildman–Crippen MR) is 76.0 cm³/mol. The molecule has 1 aromatic rings. The standard InChI is InChI=1S/C15H22ClNO/c16-14-6-4-13(5-7-14)12-18-11-3-1-2-10-17-15-8-9-15/h4-7,15,17H,1-3,8-12H2. The normalized spacial score (nSPS) is 14.9. The number of hydrogen-bond donors (Lipinski definition) is 1. The maximum atomic E-state index is 5.82. The molecule has 0 saturated heterocycles. The van der Waals surface area contributed by atoms with Crippen LogP contribution in [0.15, 0.2) is 24.3 Å². The summed E-state index contributed by atoms with van der Waals surface area (Å²) in [6.45, 7) is 2.71. The SMILES string of the molecule is Clc1ccc(COCCCCCNC2CC2)cc1. The maximum absolute atomic E-state index is 5.82. The molecular weight excluding hydrogens is 246 g/mol. The highest BCUT2D eigenvalue weighted by atomic mass is 35.5.